The minimum Gasteiger partial charge on any atom is -0.325 e. The highest BCUT2D eigenvalue weighted by molar-refractivity contribution is 9.10. The Morgan fingerprint density at radius 3 is 2.61 bits per heavy atom. The van der Waals surface area contributed by atoms with Crippen LogP contribution in [0, 0.1) is 0 Å². The molecule has 114 valence electrons. The molecule has 1 N–H and O–H groups in total. The summed E-state index contributed by atoms with van der Waals surface area (Å²) in [4.78, 5) is 4.76. The fourth-order valence-corrected chi connectivity index (χ4v) is 2.88. The first-order valence-corrected chi connectivity index (χ1v) is 8.21. The summed E-state index contributed by atoms with van der Waals surface area (Å²) in [5.41, 5.74) is 2.69. The van der Waals surface area contributed by atoms with E-state index in [0.717, 1.165) is 44.9 Å². The van der Waals surface area contributed by atoms with Crippen LogP contribution in [-0.2, 0) is 6.42 Å². The molecule has 4 aromatic rings. The molecule has 0 radical (unpaired) electrons. The molecular weight excluding hydrogens is 354 g/mol. The molecule has 2 heterocycles. The van der Waals surface area contributed by atoms with Crippen LogP contribution in [0.1, 0.15) is 12.7 Å². The van der Waals surface area contributed by atoms with Crippen LogP contribution in [-0.4, -0.2) is 19.6 Å². The number of nitrogens with one attached hydrogen (secondary N) is 1. The summed E-state index contributed by atoms with van der Waals surface area (Å²) >= 11 is 3.45. The van der Waals surface area contributed by atoms with Crippen LogP contribution in [0.5, 0.6) is 0 Å². The van der Waals surface area contributed by atoms with Crippen molar-refractivity contribution in [1.82, 2.24) is 19.6 Å². The van der Waals surface area contributed by atoms with E-state index in [1.54, 1.807) is 0 Å². The zero-order valence-corrected chi connectivity index (χ0v) is 14.1. The lowest BCUT2D eigenvalue weighted by atomic mass is 10.2. The van der Waals surface area contributed by atoms with Crippen LogP contribution in [0.3, 0.4) is 0 Å². The molecule has 5 nitrogen and oxygen atoms in total. The summed E-state index contributed by atoms with van der Waals surface area (Å²) in [7, 11) is 0. The zero-order valence-electron chi connectivity index (χ0n) is 12.5. The number of hydrogen-bond donors (Lipinski definition) is 1. The largest absolute Gasteiger partial charge is 0.325 e. The molecule has 0 saturated heterocycles. The van der Waals surface area contributed by atoms with Crippen LogP contribution in [0.15, 0.2) is 53.0 Å². The number of para-hydroxylation sites is 1. The quantitative estimate of drug-likeness (QED) is 0.584. The van der Waals surface area contributed by atoms with Gasteiger partial charge in [-0.15, -0.1) is 10.2 Å². The highest BCUT2D eigenvalue weighted by Crippen LogP contribution is 2.24. The molecule has 6 heteroatoms. The Morgan fingerprint density at radius 1 is 1.04 bits per heavy atom. The van der Waals surface area contributed by atoms with Crippen molar-refractivity contribution in [3.63, 3.8) is 0 Å². The van der Waals surface area contributed by atoms with E-state index >= 15 is 0 Å². The van der Waals surface area contributed by atoms with Crippen LogP contribution >= 0.6 is 15.9 Å². The molecule has 0 saturated carbocycles. The molecule has 0 amide bonds. The van der Waals surface area contributed by atoms with Gasteiger partial charge in [0, 0.05) is 22.0 Å². The van der Waals surface area contributed by atoms with Gasteiger partial charge in [-0.25, -0.2) is 9.38 Å². The monoisotopic (exact) mass is 367 g/mol. The van der Waals surface area contributed by atoms with Crippen molar-refractivity contribution in [2.24, 2.45) is 0 Å². The lowest BCUT2D eigenvalue weighted by molar-refractivity contribution is 0.904. The number of nitrogens with zero attached hydrogens (tertiary/aromatic N) is 4. The average Bonchev–Trinajstić information content (AvgIpc) is 3.02. The van der Waals surface area contributed by atoms with E-state index in [0.29, 0.717) is 0 Å². The van der Waals surface area contributed by atoms with Gasteiger partial charge in [0.25, 0.3) is 0 Å². The topological polar surface area (TPSA) is 55.1 Å². The number of aryl methyl sites for hydroxylation is 1. The summed E-state index contributed by atoms with van der Waals surface area (Å²) in [6.45, 7) is 2.06. The summed E-state index contributed by atoms with van der Waals surface area (Å²) in [5, 5.41) is 13.0. The first-order chi connectivity index (χ1) is 11.3. The number of anilines is 2. The number of aromatic nitrogens is 4. The molecule has 0 aliphatic heterocycles. The number of halogens is 1. The molecule has 0 spiro atoms. The lowest BCUT2D eigenvalue weighted by Crippen LogP contribution is -2.05. The fraction of sp³-hybridized carbons (Fsp3) is 0.118. The van der Waals surface area contributed by atoms with Crippen molar-refractivity contribution in [2.45, 2.75) is 13.3 Å². The van der Waals surface area contributed by atoms with E-state index in [2.05, 4.69) is 38.4 Å². The SMILES string of the molecule is CCc1nnc2c3ccccc3nc(Nc3ccc(Br)cc3)n12. The van der Waals surface area contributed by atoms with Crippen molar-refractivity contribution in [1.29, 1.82) is 0 Å². The van der Waals surface area contributed by atoms with Crippen LogP contribution < -0.4 is 5.32 Å². The third-order valence-corrected chi connectivity index (χ3v) is 4.26. The third kappa shape index (κ3) is 2.45. The van der Waals surface area contributed by atoms with Crippen molar-refractivity contribution >= 4 is 44.1 Å². The van der Waals surface area contributed by atoms with Gasteiger partial charge in [0.15, 0.2) is 5.65 Å². The maximum Gasteiger partial charge on any atom is 0.215 e. The van der Waals surface area contributed by atoms with Crippen LogP contribution in [0.4, 0.5) is 11.6 Å². The van der Waals surface area contributed by atoms with Gasteiger partial charge >= 0.3 is 0 Å². The maximum atomic E-state index is 4.76. The Morgan fingerprint density at radius 2 is 1.83 bits per heavy atom. The highest BCUT2D eigenvalue weighted by Gasteiger charge is 2.13. The highest BCUT2D eigenvalue weighted by atomic mass is 79.9. The second kappa shape index (κ2) is 5.62. The van der Waals surface area contributed by atoms with Gasteiger partial charge in [0.1, 0.15) is 5.82 Å². The summed E-state index contributed by atoms with van der Waals surface area (Å²) in [6, 6.07) is 16.0. The van der Waals surface area contributed by atoms with Gasteiger partial charge in [0.2, 0.25) is 5.95 Å². The standard InChI is InChI=1S/C17H14BrN5/c1-2-15-21-22-16-13-5-3-4-6-14(13)20-17(23(15)16)19-12-9-7-11(18)8-10-12/h3-10H,2H2,1H3,(H,19,20). The zero-order chi connectivity index (χ0) is 15.8. The molecule has 0 aliphatic carbocycles. The predicted molar refractivity (Wildman–Crippen MR) is 95.1 cm³/mol. The minimum absolute atomic E-state index is 0.725. The first kappa shape index (κ1) is 14.1. The second-order valence-electron chi connectivity index (χ2n) is 5.21. The van der Waals surface area contributed by atoms with Gasteiger partial charge in [-0.3, -0.25) is 0 Å². The Kier molecular flexibility index (Phi) is 3.46. The predicted octanol–water partition coefficient (Wildman–Crippen LogP) is 4.35. The normalized spacial score (nSPS) is 11.2. The Bertz CT molecular complexity index is 991. The first-order valence-electron chi connectivity index (χ1n) is 7.41. The summed E-state index contributed by atoms with van der Waals surface area (Å²) in [6.07, 6.45) is 0.788. The Balaban J connectivity index is 1.95. The smallest absolute Gasteiger partial charge is 0.215 e. The van der Waals surface area contributed by atoms with Gasteiger partial charge in [0.05, 0.1) is 5.52 Å². The van der Waals surface area contributed by atoms with E-state index < -0.39 is 0 Å². The van der Waals surface area contributed by atoms with E-state index in [9.17, 15) is 0 Å². The average molecular weight is 368 g/mol. The number of hydrogen-bond acceptors (Lipinski definition) is 4. The number of benzene rings is 2. The molecule has 0 aliphatic rings. The molecule has 0 bridgehead atoms. The molecule has 0 atom stereocenters. The second-order valence-corrected chi connectivity index (χ2v) is 6.13. The molecule has 0 unspecified atom stereocenters. The molecule has 4 rings (SSSR count). The maximum absolute atomic E-state index is 4.76. The third-order valence-electron chi connectivity index (χ3n) is 3.73. The van der Waals surface area contributed by atoms with Crippen molar-refractivity contribution in [3.05, 3.63) is 58.8 Å². The van der Waals surface area contributed by atoms with Crippen molar-refractivity contribution in [3.8, 4) is 0 Å². The van der Waals surface area contributed by atoms with E-state index in [-0.39, 0.29) is 0 Å². The van der Waals surface area contributed by atoms with E-state index in [1.807, 2.05) is 52.9 Å². The van der Waals surface area contributed by atoms with Crippen LogP contribution in [0.25, 0.3) is 16.6 Å². The Labute approximate surface area is 141 Å². The minimum atomic E-state index is 0.725. The summed E-state index contributed by atoms with van der Waals surface area (Å²) in [5.74, 6) is 1.61. The van der Waals surface area contributed by atoms with Crippen LogP contribution in [0.2, 0.25) is 0 Å². The molecule has 23 heavy (non-hydrogen) atoms. The molecule has 2 aromatic carbocycles. The van der Waals surface area contributed by atoms with E-state index in [1.165, 1.54) is 0 Å². The van der Waals surface area contributed by atoms with Gasteiger partial charge in [-0.05, 0) is 36.4 Å². The fourth-order valence-electron chi connectivity index (χ4n) is 2.61. The van der Waals surface area contributed by atoms with Crippen molar-refractivity contribution < 1.29 is 0 Å². The number of fused-ring (bicyclic) bond motifs is 3. The Hall–Kier alpha value is -2.47. The van der Waals surface area contributed by atoms with Gasteiger partial charge < -0.3 is 5.32 Å². The molecule has 2 aromatic heterocycles. The van der Waals surface area contributed by atoms with Gasteiger partial charge in [-0.1, -0.05) is 35.0 Å². The number of rotatable bonds is 3. The molecular formula is C17H14BrN5. The van der Waals surface area contributed by atoms with Gasteiger partial charge in [-0.2, -0.15) is 0 Å². The van der Waals surface area contributed by atoms with E-state index in [4.69, 9.17) is 4.98 Å². The summed E-state index contributed by atoms with van der Waals surface area (Å²) < 4.78 is 3.03. The van der Waals surface area contributed by atoms with Crippen molar-refractivity contribution in [2.75, 3.05) is 5.32 Å². The molecule has 0 fully saturated rings. The lowest BCUT2D eigenvalue weighted by Gasteiger charge is -2.11.